The predicted octanol–water partition coefficient (Wildman–Crippen LogP) is 3.57. The van der Waals surface area contributed by atoms with Gasteiger partial charge in [0.25, 0.3) is 0 Å². The summed E-state index contributed by atoms with van der Waals surface area (Å²) in [6.45, 7) is 0. The average molecular weight is 234 g/mol. The zero-order valence-electron chi connectivity index (χ0n) is 8.69. The second-order valence-electron chi connectivity index (χ2n) is 3.35. The number of ether oxygens (including phenoxy) is 1. The minimum absolute atomic E-state index is 0.0691. The van der Waals surface area contributed by atoms with Gasteiger partial charge in [-0.05, 0) is 24.3 Å². The molecular formula is C13H8F2O2. The van der Waals surface area contributed by atoms with Crippen LogP contribution in [0.25, 0.3) is 0 Å². The summed E-state index contributed by atoms with van der Waals surface area (Å²) in [6, 6.07) is 10.1. The van der Waals surface area contributed by atoms with Crippen molar-refractivity contribution in [2.24, 2.45) is 0 Å². The first kappa shape index (κ1) is 11.3. The topological polar surface area (TPSA) is 26.3 Å². The molecule has 0 N–H and O–H groups in total. The molecular weight excluding hydrogens is 226 g/mol. The van der Waals surface area contributed by atoms with Crippen LogP contribution in [0.1, 0.15) is 10.4 Å². The molecule has 0 aliphatic heterocycles. The van der Waals surface area contributed by atoms with Crippen LogP contribution in [0, 0.1) is 11.6 Å². The first-order valence-corrected chi connectivity index (χ1v) is 4.88. The Morgan fingerprint density at radius 3 is 2.12 bits per heavy atom. The normalized spacial score (nSPS) is 10.0. The Bertz CT molecular complexity index is 515. The summed E-state index contributed by atoms with van der Waals surface area (Å²) in [5.41, 5.74) is -0.0691. The van der Waals surface area contributed by atoms with Crippen LogP contribution >= 0.6 is 0 Å². The van der Waals surface area contributed by atoms with Gasteiger partial charge in [-0.2, -0.15) is 0 Å². The quantitative estimate of drug-likeness (QED) is 0.759. The molecule has 0 atom stereocenters. The summed E-state index contributed by atoms with van der Waals surface area (Å²) in [6.07, 6.45) is 0.373. The molecule has 17 heavy (non-hydrogen) atoms. The van der Waals surface area contributed by atoms with Crippen LogP contribution in [0.15, 0.2) is 42.5 Å². The molecule has 0 radical (unpaired) electrons. The van der Waals surface area contributed by atoms with E-state index in [0.717, 1.165) is 12.1 Å². The van der Waals surface area contributed by atoms with E-state index < -0.39 is 17.4 Å². The summed E-state index contributed by atoms with van der Waals surface area (Å²) >= 11 is 0. The lowest BCUT2D eigenvalue weighted by atomic mass is 10.2. The highest BCUT2D eigenvalue weighted by molar-refractivity contribution is 5.75. The third-order valence-corrected chi connectivity index (χ3v) is 2.12. The molecule has 0 fully saturated rings. The number of para-hydroxylation sites is 1. The van der Waals surface area contributed by atoms with Gasteiger partial charge < -0.3 is 4.74 Å². The Hall–Kier alpha value is -2.23. The van der Waals surface area contributed by atoms with Crippen LogP contribution in [0.2, 0.25) is 0 Å². The lowest BCUT2D eigenvalue weighted by Crippen LogP contribution is -1.95. The van der Waals surface area contributed by atoms with Gasteiger partial charge in [0.2, 0.25) is 0 Å². The fraction of sp³-hybridized carbons (Fsp3) is 0. The van der Waals surface area contributed by atoms with Crippen LogP contribution in [-0.4, -0.2) is 6.29 Å². The first-order chi connectivity index (χ1) is 8.20. The average Bonchev–Trinajstić information content (AvgIpc) is 2.35. The molecule has 0 spiro atoms. The Balaban J connectivity index is 2.37. The van der Waals surface area contributed by atoms with Gasteiger partial charge in [0.05, 0.1) is 0 Å². The number of hydrogen-bond acceptors (Lipinski definition) is 2. The minimum Gasteiger partial charge on any atom is -0.451 e. The first-order valence-electron chi connectivity index (χ1n) is 4.88. The summed E-state index contributed by atoms with van der Waals surface area (Å²) in [5, 5.41) is 0. The zero-order chi connectivity index (χ0) is 12.3. The molecule has 0 amide bonds. The smallest absolute Gasteiger partial charge is 0.198 e. The maximum atomic E-state index is 13.5. The van der Waals surface area contributed by atoms with Crippen LogP contribution in [0.3, 0.4) is 0 Å². The SMILES string of the molecule is O=Cc1cc(F)c(Oc2ccccc2)c(F)c1. The van der Waals surface area contributed by atoms with Crippen molar-refractivity contribution in [2.45, 2.75) is 0 Å². The van der Waals surface area contributed by atoms with Crippen LogP contribution in [0.4, 0.5) is 8.78 Å². The van der Waals surface area contributed by atoms with E-state index in [4.69, 9.17) is 4.74 Å². The Morgan fingerprint density at radius 1 is 1.00 bits per heavy atom. The van der Waals surface area contributed by atoms with Gasteiger partial charge in [0.1, 0.15) is 12.0 Å². The molecule has 0 heterocycles. The molecule has 0 unspecified atom stereocenters. The molecule has 0 saturated heterocycles. The Kier molecular flexibility index (Phi) is 3.14. The molecule has 0 saturated carbocycles. The molecule has 0 aliphatic rings. The van der Waals surface area contributed by atoms with Crippen molar-refractivity contribution in [1.29, 1.82) is 0 Å². The van der Waals surface area contributed by atoms with Gasteiger partial charge in [-0.15, -0.1) is 0 Å². The Morgan fingerprint density at radius 2 is 1.59 bits per heavy atom. The fourth-order valence-corrected chi connectivity index (χ4v) is 1.35. The van der Waals surface area contributed by atoms with Crippen molar-refractivity contribution < 1.29 is 18.3 Å². The Labute approximate surface area is 96.5 Å². The maximum absolute atomic E-state index is 13.5. The van der Waals surface area contributed by atoms with Crippen molar-refractivity contribution in [2.75, 3.05) is 0 Å². The molecule has 2 aromatic rings. The number of carbonyl (C=O) groups is 1. The highest BCUT2D eigenvalue weighted by Gasteiger charge is 2.13. The number of halogens is 2. The highest BCUT2D eigenvalue weighted by atomic mass is 19.1. The number of aldehydes is 1. The molecule has 2 aromatic carbocycles. The number of benzene rings is 2. The largest absolute Gasteiger partial charge is 0.451 e. The van der Waals surface area contributed by atoms with E-state index in [1.165, 1.54) is 0 Å². The van der Waals surface area contributed by atoms with E-state index in [1.54, 1.807) is 30.3 Å². The van der Waals surface area contributed by atoms with Gasteiger partial charge >= 0.3 is 0 Å². The maximum Gasteiger partial charge on any atom is 0.198 e. The summed E-state index contributed by atoms with van der Waals surface area (Å²) in [5.74, 6) is -2.00. The number of carbonyl (C=O) groups excluding carboxylic acids is 1. The van der Waals surface area contributed by atoms with E-state index in [1.807, 2.05) is 0 Å². The number of hydrogen-bond donors (Lipinski definition) is 0. The second kappa shape index (κ2) is 4.74. The van der Waals surface area contributed by atoms with E-state index >= 15 is 0 Å². The third-order valence-electron chi connectivity index (χ3n) is 2.12. The van der Waals surface area contributed by atoms with Crippen LogP contribution < -0.4 is 4.74 Å². The van der Waals surface area contributed by atoms with Gasteiger partial charge in [-0.3, -0.25) is 4.79 Å². The molecule has 2 nitrogen and oxygen atoms in total. The van der Waals surface area contributed by atoms with Crippen LogP contribution in [0.5, 0.6) is 11.5 Å². The standard InChI is InChI=1S/C13H8F2O2/c14-11-6-9(8-16)7-12(15)13(11)17-10-4-2-1-3-5-10/h1-8H. The monoisotopic (exact) mass is 234 g/mol. The van der Waals surface area contributed by atoms with Gasteiger partial charge in [0, 0.05) is 5.56 Å². The lowest BCUT2D eigenvalue weighted by Gasteiger charge is -2.07. The molecule has 0 bridgehead atoms. The highest BCUT2D eigenvalue weighted by Crippen LogP contribution is 2.27. The van der Waals surface area contributed by atoms with Crippen molar-refractivity contribution in [3.8, 4) is 11.5 Å². The van der Waals surface area contributed by atoms with Gasteiger partial charge in [0.15, 0.2) is 17.4 Å². The lowest BCUT2D eigenvalue weighted by molar-refractivity contribution is 0.112. The van der Waals surface area contributed by atoms with E-state index in [9.17, 15) is 13.6 Å². The molecule has 4 heteroatoms. The van der Waals surface area contributed by atoms with Crippen molar-refractivity contribution >= 4 is 6.29 Å². The van der Waals surface area contributed by atoms with Crippen molar-refractivity contribution in [3.05, 3.63) is 59.7 Å². The van der Waals surface area contributed by atoms with Crippen molar-refractivity contribution in [1.82, 2.24) is 0 Å². The summed E-state index contributed by atoms with van der Waals surface area (Å²) in [4.78, 5) is 10.4. The van der Waals surface area contributed by atoms with E-state index in [2.05, 4.69) is 0 Å². The minimum atomic E-state index is -0.907. The molecule has 86 valence electrons. The second-order valence-corrected chi connectivity index (χ2v) is 3.35. The van der Waals surface area contributed by atoms with E-state index in [-0.39, 0.29) is 5.56 Å². The number of rotatable bonds is 3. The fourth-order valence-electron chi connectivity index (χ4n) is 1.35. The zero-order valence-corrected chi connectivity index (χ0v) is 8.69. The van der Waals surface area contributed by atoms with Gasteiger partial charge in [-0.25, -0.2) is 8.78 Å². The molecule has 0 aromatic heterocycles. The van der Waals surface area contributed by atoms with Gasteiger partial charge in [-0.1, -0.05) is 18.2 Å². The molecule has 2 rings (SSSR count). The van der Waals surface area contributed by atoms with Crippen LogP contribution in [-0.2, 0) is 0 Å². The predicted molar refractivity (Wildman–Crippen MR) is 58.3 cm³/mol. The van der Waals surface area contributed by atoms with E-state index in [0.29, 0.717) is 12.0 Å². The molecule has 0 aliphatic carbocycles. The van der Waals surface area contributed by atoms with Crippen molar-refractivity contribution in [3.63, 3.8) is 0 Å². The third kappa shape index (κ3) is 2.47. The summed E-state index contributed by atoms with van der Waals surface area (Å²) < 4.78 is 32.0. The summed E-state index contributed by atoms with van der Waals surface area (Å²) in [7, 11) is 0.